The van der Waals surface area contributed by atoms with Crippen LogP contribution >= 0.6 is 0 Å². The molecule has 0 aliphatic carbocycles. The number of benzene rings is 2. The molecule has 1 amide bonds. The average Bonchev–Trinajstić information content (AvgIpc) is 2.89. The van der Waals surface area contributed by atoms with Gasteiger partial charge in [-0.1, -0.05) is 19.9 Å². The lowest BCUT2D eigenvalue weighted by atomic mass is 9.99. The number of carbonyl (C=O) groups excluding carboxylic acids is 1. The van der Waals surface area contributed by atoms with Crippen LogP contribution in [0.1, 0.15) is 59.8 Å². The van der Waals surface area contributed by atoms with Crippen molar-refractivity contribution in [2.75, 3.05) is 45.9 Å². The molecular weight excluding hydrogens is 491 g/mol. The van der Waals surface area contributed by atoms with Crippen molar-refractivity contribution < 1.29 is 22.7 Å². The van der Waals surface area contributed by atoms with E-state index in [9.17, 15) is 18.0 Å². The predicted octanol–water partition coefficient (Wildman–Crippen LogP) is 5.73. The summed E-state index contributed by atoms with van der Waals surface area (Å²) in [5.41, 5.74) is 3.28. The lowest BCUT2D eigenvalue weighted by Crippen LogP contribution is -2.49. The average molecular weight is 534 g/mol. The molecule has 1 unspecified atom stereocenters. The molecular formula is C30H42F3N3O2. The molecule has 2 aromatic carbocycles. The summed E-state index contributed by atoms with van der Waals surface area (Å²) in [5, 5.41) is 3.53. The highest BCUT2D eigenvalue weighted by molar-refractivity contribution is 5.94. The maximum Gasteiger partial charge on any atom is 0.416 e. The SMILES string of the molecule is Cc1c(CCN2CCN(C(=O)c3ccc(C(F)(F)F)cc3)CC2)ccc(OCCCNC(C)C(C)C)c1C. The van der Waals surface area contributed by atoms with E-state index in [2.05, 4.69) is 57.0 Å². The molecule has 3 rings (SSSR count). The van der Waals surface area contributed by atoms with Crippen LogP contribution in [-0.4, -0.2) is 67.6 Å². The molecule has 1 aliphatic rings. The van der Waals surface area contributed by atoms with Crippen LogP contribution in [0.15, 0.2) is 36.4 Å². The van der Waals surface area contributed by atoms with E-state index in [0.29, 0.717) is 37.2 Å². The van der Waals surface area contributed by atoms with Crippen molar-refractivity contribution in [3.63, 3.8) is 0 Å². The first-order valence-corrected chi connectivity index (χ1v) is 13.6. The third-order valence-corrected chi connectivity index (χ3v) is 7.71. The van der Waals surface area contributed by atoms with Crippen LogP contribution in [0.25, 0.3) is 0 Å². The Morgan fingerprint density at radius 2 is 1.63 bits per heavy atom. The standard InChI is InChI=1S/C30H42F3N3O2/c1-21(2)24(5)34-14-6-20-38-28-12-9-25(22(3)23(28)4)13-15-35-16-18-36(19-17-35)29(37)26-7-10-27(11-8-26)30(31,32)33/h7-12,21,24,34H,6,13-20H2,1-5H3. The molecule has 0 bridgehead atoms. The van der Waals surface area contributed by atoms with E-state index in [1.54, 1.807) is 4.90 Å². The molecule has 38 heavy (non-hydrogen) atoms. The van der Waals surface area contributed by atoms with Crippen LogP contribution in [0.4, 0.5) is 13.2 Å². The summed E-state index contributed by atoms with van der Waals surface area (Å²) in [6.07, 6.45) is -2.53. The predicted molar refractivity (Wildman–Crippen MR) is 146 cm³/mol. The first-order valence-electron chi connectivity index (χ1n) is 13.6. The van der Waals surface area contributed by atoms with Crippen LogP contribution in [0, 0.1) is 19.8 Å². The number of hydrogen-bond acceptors (Lipinski definition) is 4. The minimum absolute atomic E-state index is 0.217. The van der Waals surface area contributed by atoms with Crippen LogP contribution in [-0.2, 0) is 12.6 Å². The normalized spacial score (nSPS) is 15.7. The quantitative estimate of drug-likeness (QED) is 0.375. The van der Waals surface area contributed by atoms with Crippen LogP contribution < -0.4 is 10.1 Å². The lowest BCUT2D eigenvalue weighted by molar-refractivity contribution is -0.137. The zero-order valence-electron chi connectivity index (χ0n) is 23.3. The van der Waals surface area contributed by atoms with Crippen molar-refractivity contribution in [2.24, 2.45) is 5.92 Å². The summed E-state index contributed by atoms with van der Waals surface area (Å²) in [6.45, 7) is 16.0. The second kappa shape index (κ2) is 13.5. The molecule has 210 valence electrons. The number of alkyl halides is 3. The van der Waals surface area contributed by atoms with Crippen molar-refractivity contribution in [3.8, 4) is 5.75 Å². The lowest BCUT2D eigenvalue weighted by Gasteiger charge is -2.35. The largest absolute Gasteiger partial charge is 0.493 e. The zero-order chi connectivity index (χ0) is 27.9. The second-order valence-electron chi connectivity index (χ2n) is 10.6. The van der Waals surface area contributed by atoms with Gasteiger partial charge in [-0.25, -0.2) is 0 Å². The van der Waals surface area contributed by atoms with Gasteiger partial charge in [0.1, 0.15) is 5.75 Å². The summed E-state index contributed by atoms with van der Waals surface area (Å²) < 4.78 is 44.4. The summed E-state index contributed by atoms with van der Waals surface area (Å²) in [4.78, 5) is 16.8. The van der Waals surface area contributed by atoms with E-state index < -0.39 is 11.7 Å². The number of halogens is 3. The molecule has 0 spiro atoms. The highest BCUT2D eigenvalue weighted by atomic mass is 19.4. The molecule has 1 aliphatic heterocycles. The van der Waals surface area contributed by atoms with E-state index in [4.69, 9.17) is 4.74 Å². The summed E-state index contributed by atoms with van der Waals surface area (Å²) in [5.74, 6) is 1.34. The molecule has 2 aromatic rings. The van der Waals surface area contributed by atoms with Crippen molar-refractivity contribution in [1.82, 2.24) is 15.1 Å². The number of nitrogens with one attached hydrogen (secondary N) is 1. The second-order valence-corrected chi connectivity index (χ2v) is 10.6. The maximum absolute atomic E-state index is 12.8. The van der Waals surface area contributed by atoms with E-state index >= 15 is 0 Å². The van der Waals surface area contributed by atoms with E-state index in [1.165, 1.54) is 28.8 Å². The zero-order valence-corrected chi connectivity index (χ0v) is 23.3. The fraction of sp³-hybridized carbons (Fsp3) is 0.567. The van der Waals surface area contributed by atoms with Crippen molar-refractivity contribution in [3.05, 3.63) is 64.2 Å². The van der Waals surface area contributed by atoms with Gasteiger partial charge < -0.3 is 15.0 Å². The van der Waals surface area contributed by atoms with Gasteiger partial charge in [0.2, 0.25) is 0 Å². The van der Waals surface area contributed by atoms with Crippen LogP contribution in [0.5, 0.6) is 5.75 Å². The van der Waals surface area contributed by atoms with Gasteiger partial charge in [-0.2, -0.15) is 13.2 Å². The topological polar surface area (TPSA) is 44.8 Å². The van der Waals surface area contributed by atoms with Gasteiger partial charge in [-0.05, 0) is 93.1 Å². The van der Waals surface area contributed by atoms with Crippen molar-refractivity contribution in [1.29, 1.82) is 0 Å². The Morgan fingerprint density at radius 3 is 2.24 bits per heavy atom. The summed E-state index contributed by atoms with van der Waals surface area (Å²) >= 11 is 0. The Hall–Kier alpha value is -2.58. The molecule has 1 saturated heterocycles. The summed E-state index contributed by atoms with van der Waals surface area (Å²) in [6, 6.07) is 9.19. The number of nitrogens with zero attached hydrogens (tertiary/aromatic N) is 2. The van der Waals surface area contributed by atoms with Gasteiger partial charge in [-0.15, -0.1) is 0 Å². The Kier molecular flexibility index (Phi) is 10.6. The number of carbonyl (C=O) groups is 1. The van der Waals surface area contributed by atoms with Gasteiger partial charge in [0.15, 0.2) is 0 Å². The molecule has 8 heteroatoms. The first-order chi connectivity index (χ1) is 18.0. The molecule has 5 nitrogen and oxygen atoms in total. The maximum atomic E-state index is 12.8. The monoisotopic (exact) mass is 533 g/mol. The highest BCUT2D eigenvalue weighted by Crippen LogP contribution is 2.29. The smallest absolute Gasteiger partial charge is 0.416 e. The van der Waals surface area contributed by atoms with Crippen molar-refractivity contribution in [2.45, 2.75) is 59.7 Å². The van der Waals surface area contributed by atoms with Gasteiger partial charge in [0.25, 0.3) is 5.91 Å². The highest BCUT2D eigenvalue weighted by Gasteiger charge is 2.30. The fourth-order valence-electron chi connectivity index (χ4n) is 4.54. The van der Waals surface area contributed by atoms with E-state index in [-0.39, 0.29) is 5.91 Å². The molecule has 0 radical (unpaired) electrons. The van der Waals surface area contributed by atoms with Gasteiger partial charge in [0, 0.05) is 44.3 Å². The number of hydrogen-bond donors (Lipinski definition) is 1. The number of amides is 1. The number of piperazine rings is 1. The third-order valence-electron chi connectivity index (χ3n) is 7.71. The minimum atomic E-state index is -4.40. The Morgan fingerprint density at radius 1 is 0.974 bits per heavy atom. The minimum Gasteiger partial charge on any atom is -0.493 e. The molecule has 1 fully saturated rings. The van der Waals surface area contributed by atoms with E-state index in [0.717, 1.165) is 56.9 Å². The van der Waals surface area contributed by atoms with Gasteiger partial charge in [-0.3, -0.25) is 9.69 Å². The van der Waals surface area contributed by atoms with Crippen molar-refractivity contribution >= 4 is 5.91 Å². The van der Waals surface area contributed by atoms with E-state index in [1.807, 2.05) is 0 Å². The molecule has 1 atom stereocenters. The fourth-order valence-corrected chi connectivity index (χ4v) is 4.54. The number of ether oxygens (including phenoxy) is 1. The van der Waals surface area contributed by atoms with Crippen LogP contribution in [0.2, 0.25) is 0 Å². The first kappa shape index (κ1) is 30.0. The molecule has 1 N–H and O–H groups in total. The van der Waals surface area contributed by atoms with Gasteiger partial charge >= 0.3 is 6.18 Å². The molecule has 0 saturated carbocycles. The Labute approximate surface area is 225 Å². The Bertz CT molecular complexity index is 1050. The van der Waals surface area contributed by atoms with Gasteiger partial charge in [0.05, 0.1) is 12.2 Å². The molecule has 0 aromatic heterocycles. The summed E-state index contributed by atoms with van der Waals surface area (Å²) in [7, 11) is 0. The molecule has 1 heterocycles. The third kappa shape index (κ3) is 8.21. The van der Waals surface area contributed by atoms with Crippen LogP contribution in [0.3, 0.4) is 0 Å². The number of rotatable bonds is 11. The Balaban J connectivity index is 1.43.